The molecule has 0 spiro atoms. The standard InChI is InChI=1S/C12H14N2O2S2/c1-2-14(4-5-15)12(16)10-8-18-11(13-10)9-3-6-17-7-9/h3,6-8,15H,2,4-5H2,1H3. The molecule has 18 heavy (non-hydrogen) atoms. The summed E-state index contributed by atoms with van der Waals surface area (Å²) in [6.07, 6.45) is 0. The summed E-state index contributed by atoms with van der Waals surface area (Å²) in [5.74, 6) is -0.121. The minimum absolute atomic E-state index is 0.0267. The number of likely N-dealkylation sites (N-methyl/N-ethyl adjacent to an activating group) is 1. The fourth-order valence-corrected chi connectivity index (χ4v) is 3.08. The zero-order valence-electron chi connectivity index (χ0n) is 10.00. The normalized spacial score (nSPS) is 10.6. The third-order valence-electron chi connectivity index (χ3n) is 2.53. The average Bonchev–Trinajstić information content (AvgIpc) is 3.04. The number of hydrogen-bond donors (Lipinski definition) is 1. The van der Waals surface area contributed by atoms with Crippen molar-refractivity contribution in [1.29, 1.82) is 0 Å². The van der Waals surface area contributed by atoms with Crippen molar-refractivity contribution >= 4 is 28.6 Å². The number of thiophene rings is 1. The highest BCUT2D eigenvalue weighted by Crippen LogP contribution is 2.26. The Morgan fingerprint density at radius 1 is 1.50 bits per heavy atom. The number of aromatic nitrogens is 1. The van der Waals surface area contributed by atoms with Crippen LogP contribution < -0.4 is 0 Å². The van der Waals surface area contributed by atoms with Crippen LogP contribution >= 0.6 is 22.7 Å². The number of aliphatic hydroxyl groups excluding tert-OH is 1. The van der Waals surface area contributed by atoms with Gasteiger partial charge in [-0.05, 0) is 18.4 Å². The lowest BCUT2D eigenvalue weighted by molar-refractivity contribution is 0.0727. The number of amides is 1. The lowest BCUT2D eigenvalue weighted by atomic mass is 10.3. The van der Waals surface area contributed by atoms with Crippen LogP contribution in [0.3, 0.4) is 0 Å². The maximum atomic E-state index is 12.1. The van der Waals surface area contributed by atoms with Gasteiger partial charge in [-0.25, -0.2) is 4.98 Å². The van der Waals surface area contributed by atoms with Crippen LogP contribution in [0.5, 0.6) is 0 Å². The Morgan fingerprint density at radius 3 is 2.94 bits per heavy atom. The summed E-state index contributed by atoms with van der Waals surface area (Å²) < 4.78 is 0. The summed E-state index contributed by atoms with van der Waals surface area (Å²) in [4.78, 5) is 18.1. The summed E-state index contributed by atoms with van der Waals surface area (Å²) >= 11 is 3.08. The molecule has 2 heterocycles. The van der Waals surface area contributed by atoms with E-state index >= 15 is 0 Å². The molecule has 0 saturated heterocycles. The Bertz CT molecular complexity index is 508. The molecule has 2 rings (SSSR count). The molecule has 2 aromatic heterocycles. The first-order valence-corrected chi connectivity index (χ1v) is 7.46. The molecule has 96 valence electrons. The Morgan fingerprint density at radius 2 is 2.33 bits per heavy atom. The van der Waals surface area contributed by atoms with Crippen molar-refractivity contribution in [3.8, 4) is 10.6 Å². The number of aliphatic hydroxyl groups is 1. The van der Waals surface area contributed by atoms with E-state index in [9.17, 15) is 4.79 Å². The Labute approximate surface area is 114 Å². The topological polar surface area (TPSA) is 53.4 Å². The van der Waals surface area contributed by atoms with Crippen LogP contribution in [0.2, 0.25) is 0 Å². The van der Waals surface area contributed by atoms with Gasteiger partial charge in [-0.15, -0.1) is 11.3 Å². The van der Waals surface area contributed by atoms with Gasteiger partial charge in [0.15, 0.2) is 0 Å². The summed E-state index contributed by atoms with van der Waals surface area (Å²) in [5, 5.41) is 15.5. The Kier molecular flexibility index (Phi) is 4.46. The number of hydrogen-bond acceptors (Lipinski definition) is 5. The fourth-order valence-electron chi connectivity index (χ4n) is 1.58. The molecular formula is C12H14N2O2S2. The van der Waals surface area contributed by atoms with Crippen molar-refractivity contribution in [2.75, 3.05) is 19.7 Å². The minimum Gasteiger partial charge on any atom is -0.395 e. The molecular weight excluding hydrogens is 268 g/mol. The SMILES string of the molecule is CCN(CCO)C(=O)c1csc(-c2ccsc2)n1. The van der Waals surface area contributed by atoms with Crippen molar-refractivity contribution in [1.82, 2.24) is 9.88 Å². The van der Waals surface area contributed by atoms with Crippen molar-refractivity contribution in [2.45, 2.75) is 6.92 Å². The number of carbonyl (C=O) groups excluding carboxylic acids is 1. The smallest absolute Gasteiger partial charge is 0.273 e. The maximum Gasteiger partial charge on any atom is 0.273 e. The van der Waals surface area contributed by atoms with Gasteiger partial charge >= 0.3 is 0 Å². The number of nitrogens with zero attached hydrogens (tertiary/aromatic N) is 2. The van der Waals surface area contributed by atoms with E-state index in [1.807, 2.05) is 23.8 Å². The zero-order chi connectivity index (χ0) is 13.0. The molecule has 0 bridgehead atoms. The molecule has 4 nitrogen and oxygen atoms in total. The molecule has 0 atom stereocenters. The maximum absolute atomic E-state index is 12.1. The molecule has 6 heteroatoms. The summed E-state index contributed by atoms with van der Waals surface area (Å²) in [6.45, 7) is 2.78. The number of rotatable bonds is 5. The molecule has 0 fully saturated rings. The van der Waals surface area contributed by atoms with Gasteiger partial charge in [0, 0.05) is 29.4 Å². The number of thiazole rings is 1. The van der Waals surface area contributed by atoms with E-state index in [1.54, 1.807) is 21.6 Å². The van der Waals surface area contributed by atoms with E-state index in [4.69, 9.17) is 5.11 Å². The van der Waals surface area contributed by atoms with E-state index in [-0.39, 0.29) is 12.5 Å². The first kappa shape index (κ1) is 13.2. The third kappa shape index (κ3) is 2.77. The van der Waals surface area contributed by atoms with Crippen molar-refractivity contribution < 1.29 is 9.90 Å². The lowest BCUT2D eigenvalue weighted by Crippen LogP contribution is -2.33. The highest BCUT2D eigenvalue weighted by Gasteiger charge is 2.17. The van der Waals surface area contributed by atoms with E-state index in [1.165, 1.54) is 11.3 Å². The molecule has 0 radical (unpaired) electrons. The van der Waals surface area contributed by atoms with Gasteiger partial charge in [-0.2, -0.15) is 11.3 Å². The summed E-state index contributed by atoms with van der Waals surface area (Å²) in [7, 11) is 0. The highest BCUT2D eigenvalue weighted by molar-refractivity contribution is 7.14. The van der Waals surface area contributed by atoms with Crippen LogP contribution in [0.25, 0.3) is 10.6 Å². The van der Waals surface area contributed by atoms with E-state index in [2.05, 4.69) is 4.98 Å². The van der Waals surface area contributed by atoms with Gasteiger partial charge in [-0.1, -0.05) is 0 Å². The van der Waals surface area contributed by atoms with Gasteiger partial charge in [-0.3, -0.25) is 4.79 Å². The molecule has 0 aliphatic heterocycles. The molecule has 0 unspecified atom stereocenters. The second-order valence-corrected chi connectivity index (χ2v) is 5.30. The number of carbonyl (C=O) groups is 1. The molecule has 1 amide bonds. The van der Waals surface area contributed by atoms with Gasteiger partial charge < -0.3 is 10.0 Å². The predicted molar refractivity (Wildman–Crippen MR) is 74.1 cm³/mol. The molecule has 2 aromatic rings. The third-order valence-corrected chi connectivity index (χ3v) is 4.10. The second kappa shape index (κ2) is 6.08. The Balaban J connectivity index is 2.17. The summed E-state index contributed by atoms with van der Waals surface area (Å²) in [5.41, 5.74) is 1.51. The van der Waals surface area contributed by atoms with Crippen LogP contribution in [-0.4, -0.2) is 40.6 Å². The van der Waals surface area contributed by atoms with Gasteiger partial charge in [0.2, 0.25) is 0 Å². The average molecular weight is 282 g/mol. The highest BCUT2D eigenvalue weighted by atomic mass is 32.1. The predicted octanol–water partition coefficient (Wildman–Crippen LogP) is 2.33. The van der Waals surface area contributed by atoms with E-state index in [0.29, 0.717) is 18.8 Å². The largest absolute Gasteiger partial charge is 0.395 e. The van der Waals surface area contributed by atoms with Gasteiger partial charge in [0.25, 0.3) is 5.91 Å². The monoisotopic (exact) mass is 282 g/mol. The van der Waals surface area contributed by atoms with Crippen LogP contribution in [0.1, 0.15) is 17.4 Å². The van der Waals surface area contributed by atoms with Crippen LogP contribution in [0.4, 0.5) is 0 Å². The Hall–Kier alpha value is -1.24. The molecule has 0 saturated carbocycles. The molecule has 1 N–H and O–H groups in total. The second-order valence-electron chi connectivity index (χ2n) is 3.66. The first-order chi connectivity index (χ1) is 8.76. The quantitative estimate of drug-likeness (QED) is 0.915. The van der Waals surface area contributed by atoms with E-state index in [0.717, 1.165) is 10.6 Å². The van der Waals surface area contributed by atoms with E-state index < -0.39 is 0 Å². The molecule has 0 aliphatic rings. The van der Waals surface area contributed by atoms with Crippen LogP contribution in [-0.2, 0) is 0 Å². The molecule has 0 aromatic carbocycles. The first-order valence-electron chi connectivity index (χ1n) is 5.64. The van der Waals surface area contributed by atoms with Crippen molar-refractivity contribution in [2.24, 2.45) is 0 Å². The summed E-state index contributed by atoms with van der Waals surface area (Å²) in [6, 6.07) is 1.99. The van der Waals surface area contributed by atoms with Crippen molar-refractivity contribution in [3.05, 3.63) is 27.9 Å². The lowest BCUT2D eigenvalue weighted by Gasteiger charge is -2.17. The zero-order valence-corrected chi connectivity index (χ0v) is 11.6. The van der Waals surface area contributed by atoms with Gasteiger partial charge in [0.05, 0.1) is 6.61 Å². The fraction of sp³-hybridized carbons (Fsp3) is 0.333. The molecule has 0 aliphatic carbocycles. The van der Waals surface area contributed by atoms with Crippen molar-refractivity contribution in [3.63, 3.8) is 0 Å². The minimum atomic E-state index is -0.121. The van der Waals surface area contributed by atoms with Crippen LogP contribution in [0.15, 0.2) is 22.2 Å². The van der Waals surface area contributed by atoms with Gasteiger partial charge in [0.1, 0.15) is 10.7 Å². The van der Waals surface area contributed by atoms with Crippen LogP contribution in [0, 0.1) is 0 Å².